The molecule has 0 radical (unpaired) electrons. The Labute approximate surface area is 282 Å². The normalized spacial score (nSPS) is 19.2. The van der Waals surface area contributed by atoms with Gasteiger partial charge in [-0.05, 0) is 62.8 Å². The third-order valence-corrected chi connectivity index (χ3v) is 7.84. The number of halogens is 1. The number of phenols is 1. The van der Waals surface area contributed by atoms with E-state index in [1.807, 2.05) is 24.3 Å². The SMILES string of the molecule is BrC1CCOCC1.Nc1cccc(OC2CCCOC2)c1.O=[N+]([O-])c1cccc(O)c1.O=[N+]([O-])c1cccc(OC2CCCOC2)c1. The molecule has 3 saturated heterocycles. The monoisotopic (exact) mass is 719 g/mol. The molecule has 6 rings (SSSR count). The topological polar surface area (TPSA) is 179 Å². The number of nitro benzene ring substituents is 2. The Morgan fingerprint density at radius 1 is 0.702 bits per heavy atom. The number of aromatic hydroxyl groups is 1. The van der Waals surface area contributed by atoms with E-state index in [2.05, 4.69) is 15.9 Å². The lowest BCUT2D eigenvalue weighted by Gasteiger charge is -2.23. The summed E-state index contributed by atoms with van der Waals surface area (Å²) in [5, 5.41) is 29.4. The molecule has 0 aromatic heterocycles. The lowest BCUT2D eigenvalue weighted by Crippen LogP contribution is -2.27. The van der Waals surface area contributed by atoms with Gasteiger partial charge in [0.2, 0.25) is 0 Å². The molecule has 3 aliphatic heterocycles. The number of nitrogen functional groups attached to an aromatic ring is 1. The minimum atomic E-state index is -0.556. The molecule has 3 N–H and O–H groups in total. The van der Waals surface area contributed by atoms with Crippen LogP contribution in [-0.4, -0.2) is 71.6 Å². The van der Waals surface area contributed by atoms with Gasteiger partial charge in [-0.15, -0.1) is 0 Å². The van der Waals surface area contributed by atoms with Gasteiger partial charge in [-0.25, -0.2) is 0 Å². The molecule has 2 atom stereocenters. The highest BCUT2D eigenvalue weighted by molar-refractivity contribution is 9.09. The molecule has 13 nitrogen and oxygen atoms in total. The molecule has 0 aliphatic carbocycles. The zero-order chi connectivity index (χ0) is 33.9. The molecule has 0 amide bonds. The van der Waals surface area contributed by atoms with Crippen LogP contribution >= 0.6 is 15.9 Å². The molecule has 3 aliphatic rings. The van der Waals surface area contributed by atoms with Gasteiger partial charge < -0.3 is 34.5 Å². The van der Waals surface area contributed by atoms with Crippen LogP contribution in [0.1, 0.15) is 38.5 Å². The second-order valence-corrected chi connectivity index (χ2v) is 12.1. The number of non-ortho nitro benzene ring substituents is 2. The Morgan fingerprint density at radius 3 is 1.64 bits per heavy atom. The first kappa shape index (κ1) is 37.5. The summed E-state index contributed by atoms with van der Waals surface area (Å²) in [5.41, 5.74) is 6.34. The Morgan fingerprint density at radius 2 is 1.21 bits per heavy atom. The number of anilines is 1. The average Bonchev–Trinajstić information content (AvgIpc) is 3.07. The number of phenolic OH excluding ortho intramolecular Hbond substituents is 1. The van der Waals surface area contributed by atoms with E-state index in [9.17, 15) is 20.2 Å². The Balaban J connectivity index is 0.000000177. The van der Waals surface area contributed by atoms with Gasteiger partial charge in [0.15, 0.2) is 0 Å². The van der Waals surface area contributed by atoms with Crippen LogP contribution in [0.4, 0.5) is 17.1 Å². The first-order chi connectivity index (χ1) is 22.7. The average molecular weight is 721 g/mol. The molecule has 0 bridgehead atoms. The predicted octanol–water partition coefficient (Wildman–Crippen LogP) is 6.84. The van der Waals surface area contributed by atoms with Gasteiger partial charge in [0.05, 0.1) is 35.2 Å². The smallest absolute Gasteiger partial charge is 0.273 e. The molecule has 3 aromatic rings. The zero-order valence-corrected chi connectivity index (χ0v) is 27.7. The predicted molar refractivity (Wildman–Crippen MR) is 180 cm³/mol. The number of hydrogen-bond donors (Lipinski definition) is 2. The van der Waals surface area contributed by atoms with E-state index in [-0.39, 0.29) is 29.3 Å². The van der Waals surface area contributed by atoms with Crippen LogP contribution in [0.25, 0.3) is 0 Å². The third kappa shape index (κ3) is 15.4. The van der Waals surface area contributed by atoms with Crippen molar-refractivity contribution >= 4 is 33.0 Å². The number of nitrogens with zero attached hydrogens (tertiary/aromatic N) is 2. The quantitative estimate of drug-likeness (QED) is 0.118. The van der Waals surface area contributed by atoms with Gasteiger partial charge in [-0.1, -0.05) is 34.1 Å². The molecule has 3 fully saturated rings. The van der Waals surface area contributed by atoms with Gasteiger partial charge in [0.25, 0.3) is 11.4 Å². The van der Waals surface area contributed by atoms with Gasteiger partial charge >= 0.3 is 0 Å². The third-order valence-electron chi connectivity index (χ3n) is 6.92. The van der Waals surface area contributed by atoms with Crippen LogP contribution in [0.5, 0.6) is 17.2 Å². The maximum Gasteiger partial charge on any atom is 0.273 e. The van der Waals surface area contributed by atoms with E-state index >= 15 is 0 Å². The molecule has 3 aromatic carbocycles. The summed E-state index contributed by atoms with van der Waals surface area (Å²) in [6, 6.07) is 19.0. The van der Waals surface area contributed by atoms with E-state index in [0.717, 1.165) is 74.4 Å². The number of nitro groups is 2. The second kappa shape index (κ2) is 21.0. The lowest BCUT2D eigenvalue weighted by molar-refractivity contribution is -0.385. The van der Waals surface area contributed by atoms with Gasteiger partial charge in [-0.2, -0.15) is 0 Å². The highest BCUT2D eigenvalue weighted by Gasteiger charge is 2.17. The van der Waals surface area contributed by atoms with E-state index < -0.39 is 9.85 Å². The van der Waals surface area contributed by atoms with Gasteiger partial charge in [0.1, 0.15) is 29.5 Å². The molecular weight excluding hydrogens is 678 g/mol. The van der Waals surface area contributed by atoms with Crippen molar-refractivity contribution in [2.45, 2.75) is 55.6 Å². The van der Waals surface area contributed by atoms with Crippen LogP contribution in [0.3, 0.4) is 0 Å². The summed E-state index contributed by atoms with van der Waals surface area (Å²) >= 11 is 3.51. The molecule has 0 saturated carbocycles. The first-order valence-electron chi connectivity index (χ1n) is 15.4. The highest BCUT2D eigenvalue weighted by Crippen LogP contribution is 2.23. The number of nitrogens with two attached hydrogens (primary N) is 1. The fourth-order valence-electron chi connectivity index (χ4n) is 4.53. The summed E-state index contributed by atoms with van der Waals surface area (Å²) in [7, 11) is 0. The van der Waals surface area contributed by atoms with Gasteiger partial charge in [-0.3, -0.25) is 20.2 Å². The Hall–Kier alpha value is -3.98. The fraction of sp³-hybridized carbons (Fsp3) is 0.455. The molecule has 14 heteroatoms. The van der Waals surface area contributed by atoms with Crippen molar-refractivity contribution in [2.24, 2.45) is 0 Å². The standard InChI is InChI=1S/C11H13NO4.C11H15NO2.C6H5NO3.C5H9BrO/c13-12(14)9-3-1-4-10(7-9)16-11-5-2-6-15-8-11;12-9-3-1-4-10(7-9)14-11-5-2-6-13-8-11;8-6-3-1-2-5(4-6)7(9)10;6-5-1-3-7-4-2-5/h1,3-4,7,11H,2,5-6,8H2;1,3-4,7,11H,2,5-6,8,12H2;1-4,8H;5H,1-4H2. The Bertz CT molecular complexity index is 1360. The largest absolute Gasteiger partial charge is 0.508 e. The molecule has 256 valence electrons. The van der Waals surface area contributed by atoms with Crippen molar-refractivity contribution in [3.8, 4) is 17.2 Å². The van der Waals surface area contributed by atoms with Crippen molar-refractivity contribution in [3.05, 3.63) is 93.0 Å². The lowest BCUT2D eigenvalue weighted by atomic mass is 10.2. The molecular formula is C33H42BrN3O10. The summed E-state index contributed by atoms with van der Waals surface area (Å²) in [4.78, 5) is 20.4. The summed E-state index contributed by atoms with van der Waals surface area (Å²) in [6.07, 6.45) is 6.60. The molecule has 47 heavy (non-hydrogen) atoms. The van der Waals surface area contributed by atoms with E-state index in [1.165, 1.54) is 43.2 Å². The minimum absolute atomic E-state index is 0.00996. The van der Waals surface area contributed by atoms with Crippen LogP contribution < -0.4 is 15.2 Å². The van der Waals surface area contributed by atoms with Crippen molar-refractivity contribution in [2.75, 3.05) is 45.4 Å². The molecule has 3 heterocycles. The number of benzene rings is 3. The summed E-state index contributed by atoms with van der Waals surface area (Å²) in [5.74, 6) is 1.28. The highest BCUT2D eigenvalue weighted by atomic mass is 79.9. The number of hydrogen-bond acceptors (Lipinski definition) is 11. The zero-order valence-electron chi connectivity index (χ0n) is 26.1. The van der Waals surface area contributed by atoms with E-state index in [1.54, 1.807) is 12.1 Å². The van der Waals surface area contributed by atoms with Crippen LogP contribution in [0.15, 0.2) is 72.8 Å². The number of alkyl halides is 1. The van der Waals surface area contributed by atoms with Crippen LogP contribution in [0, 0.1) is 20.2 Å². The van der Waals surface area contributed by atoms with Crippen molar-refractivity contribution < 1.29 is 38.6 Å². The minimum Gasteiger partial charge on any atom is -0.508 e. The van der Waals surface area contributed by atoms with Crippen LogP contribution in [-0.2, 0) is 14.2 Å². The van der Waals surface area contributed by atoms with Crippen molar-refractivity contribution in [1.29, 1.82) is 0 Å². The Kier molecular flexibility index (Phi) is 16.7. The maximum atomic E-state index is 10.6. The van der Waals surface area contributed by atoms with Gasteiger partial charge in [0, 0.05) is 55.1 Å². The second-order valence-electron chi connectivity index (χ2n) is 10.8. The maximum absolute atomic E-state index is 10.6. The summed E-state index contributed by atoms with van der Waals surface area (Å²) < 4.78 is 27.1. The number of rotatable bonds is 6. The first-order valence-corrected chi connectivity index (χ1v) is 16.3. The van der Waals surface area contributed by atoms with Crippen LogP contribution in [0.2, 0.25) is 0 Å². The molecule has 2 unspecified atom stereocenters. The van der Waals surface area contributed by atoms with E-state index in [0.29, 0.717) is 19.0 Å². The van der Waals surface area contributed by atoms with Crippen molar-refractivity contribution in [3.63, 3.8) is 0 Å². The fourth-order valence-corrected chi connectivity index (χ4v) is 4.90. The van der Waals surface area contributed by atoms with E-state index in [4.69, 9.17) is 34.5 Å². The number of ether oxygens (including phenoxy) is 5. The van der Waals surface area contributed by atoms with Crippen molar-refractivity contribution in [1.82, 2.24) is 0 Å². The summed E-state index contributed by atoms with van der Waals surface area (Å²) in [6.45, 7) is 4.76. The molecule has 0 spiro atoms.